The molecule has 0 unspecified atom stereocenters. The van der Waals surface area contributed by atoms with Gasteiger partial charge in [-0.05, 0) is 24.3 Å². The van der Waals surface area contributed by atoms with Crippen LogP contribution in [-0.4, -0.2) is 14.2 Å². The number of sulfonamides is 1. The van der Waals surface area contributed by atoms with Gasteiger partial charge in [-0.15, -0.1) is 6.58 Å². The fourth-order valence-electron chi connectivity index (χ4n) is 0.899. The maximum Gasteiger partial charge on any atom is 0.236 e. The fraction of sp³-hybridized carbons (Fsp3) is 0.111. The second-order valence-corrected chi connectivity index (χ2v) is 4.46. The molecule has 4 nitrogen and oxygen atoms in total. The molecule has 14 heavy (non-hydrogen) atoms. The van der Waals surface area contributed by atoms with Crippen LogP contribution in [0.2, 0.25) is 0 Å². The molecule has 1 radical (unpaired) electrons. The van der Waals surface area contributed by atoms with E-state index in [9.17, 15) is 13.5 Å². The number of hydrogen-bond acceptors (Lipinski definition) is 2. The van der Waals surface area contributed by atoms with Crippen molar-refractivity contribution in [2.45, 2.75) is 0 Å². The van der Waals surface area contributed by atoms with Gasteiger partial charge in [0.1, 0.15) is 0 Å². The highest BCUT2D eigenvalue weighted by atomic mass is 32.2. The molecule has 0 aliphatic heterocycles. The Kier molecular flexibility index (Phi) is 3.14. The Morgan fingerprint density at radius 2 is 1.86 bits per heavy atom. The number of nitrogens with one attached hydrogen (secondary N) is 1. The molecule has 0 spiro atoms. The molecule has 1 rings (SSSR count). The average molecular weight is 212 g/mol. The second-order valence-electron chi connectivity index (χ2n) is 2.70. The van der Waals surface area contributed by atoms with Gasteiger partial charge in [0.15, 0.2) is 5.75 Å². The molecule has 5 heteroatoms. The van der Waals surface area contributed by atoms with E-state index in [1.807, 2.05) is 0 Å². The normalized spacial score (nSPS) is 10.9. The highest BCUT2D eigenvalue weighted by molar-refractivity contribution is 7.92. The van der Waals surface area contributed by atoms with Crippen molar-refractivity contribution >= 4 is 15.7 Å². The summed E-state index contributed by atoms with van der Waals surface area (Å²) in [6.07, 6.45) is 1.30. The maximum atomic E-state index is 11.2. The van der Waals surface area contributed by atoms with Gasteiger partial charge < -0.3 is 0 Å². The minimum Gasteiger partial charge on any atom is -0.290 e. The molecular weight excluding hydrogens is 202 g/mol. The van der Waals surface area contributed by atoms with Crippen LogP contribution in [0, 0.1) is 0 Å². The Labute approximate surface area is 82.9 Å². The van der Waals surface area contributed by atoms with E-state index in [0.29, 0.717) is 5.69 Å². The van der Waals surface area contributed by atoms with Crippen molar-refractivity contribution in [3.63, 3.8) is 0 Å². The summed E-state index contributed by atoms with van der Waals surface area (Å²) >= 11 is 0. The summed E-state index contributed by atoms with van der Waals surface area (Å²) in [6, 6.07) is 5.43. The summed E-state index contributed by atoms with van der Waals surface area (Å²) in [4.78, 5) is 0. The predicted octanol–water partition coefficient (Wildman–Crippen LogP) is 1.76. The van der Waals surface area contributed by atoms with Gasteiger partial charge >= 0.3 is 0 Å². The van der Waals surface area contributed by atoms with Crippen LogP contribution in [-0.2, 0) is 15.1 Å². The molecule has 0 aliphatic carbocycles. The first-order valence-electron chi connectivity index (χ1n) is 3.92. The number of rotatable bonds is 4. The van der Waals surface area contributed by atoms with Crippen molar-refractivity contribution in [1.82, 2.24) is 0 Å². The van der Waals surface area contributed by atoms with Gasteiger partial charge in [-0.3, -0.25) is 9.83 Å². The summed E-state index contributed by atoms with van der Waals surface area (Å²) in [5, 5.41) is 10.7. The summed E-state index contributed by atoms with van der Waals surface area (Å²) in [5.41, 5.74) is 0.381. The van der Waals surface area contributed by atoms with Crippen LogP contribution in [0.25, 0.3) is 0 Å². The van der Waals surface area contributed by atoms with E-state index in [-0.39, 0.29) is 11.5 Å². The van der Waals surface area contributed by atoms with Crippen LogP contribution in [0.15, 0.2) is 36.9 Å². The zero-order chi connectivity index (χ0) is 10.6. The molecule has 1 N–H and O–H groups in total. The largest absolute Gasteiger partial charge is 0.290 e. The molecule has 1 aromatic rings. The number of anilines is 1. The molecule has 0 amide bonds. The minimum atomic E-state index is -3.37. The van der Waals surface area contributed by atoms with Gasteiger partial charge in [-0.25, -0.2) is 8.42 Å². The lowest BCUT2D eigenvalue weighted by Gasteiger charge is -2.04. The number of hydrogen-bond donors (Lipinski definition) is 1. The highest BCUT2D eigenvalue weighted by Gasteiger charge is 2.06. The zero-order valence-electron chi connectivity index (χ0n) is 7.43. The van der Waals surface area contributed by atoms with Gasteiger partial charge in [-0.1, -0.05) is 6.08 Å². The standard InChI is InChI=1S/C9H10NO3S/c1-2-7-14(12,13)10-8-3-5-9(11)6-4-8/h2-6,10H,1,7H2. The smallest absolute Gasteiger partial charge is 0.236 e. The van der Waals surface area contributed by atoms with E-state index in [4.69, 9.17) is 0 Å². The lowest BCUT2D eigenvalue weighted by molar-refractivity contribution is 0.355. The SMILES string of the molecule is C=CCS(=O)(=O)Nc1ccc([O])cc1. The van der Waals surface area contributed by atoms with E-state index in [1.165, 1.54) is 30.3 Å². The van der Waals surface area contributed by atoms with E-state index < -0.39 is 10.0 Å². The molecule has 1 aromatic carbocycles. The molecule has 0 heterocycles. The first-order valence-corrected chi connectivity index (χ1v) is 5.57. The van der Waals surface area contributed by atoms with E-state index in [1.54, 1.807) is 0 Å². The van der Waals surface area contributed by atoms with Gasteiger partial charge in [0, 0.05) is 5.69 Å². The van der Waals surface area contributed by atoms with Gasteiger partial charge in [-0.2, -0.15) is 0 Å². The molecular formula is C9H10NO3S. The van der Waals surface area contributed by atoms with Crippen LogP contribution in [0.3, 0.4) is 0 Å². The first-order chi connectivity index (χ1) is 6.53. The average Bonchev–Trinajstić information content (AvgIpc) is 2.08. The maximum absolute atomic E-state index is 11.2. The van der Waals surface area contributed by atoms with Crippen molar-refractivity contribution in [2.75, 3.05) is 10.5 Å². The Bertz CT molecular complexity index is 408. The Morgan fingerprint density at radius 3 is 2.36 bits per heavy atom. The van der Waals surface area contributed by atoms with Crippen LogP contribution in [0.4, 0.5) is 5.69 Å². The molecule has 0 aliphatic rings. The van der Waals surface area contributed by atoms with E-state index in [0.717, 1.165) is 0 Å². The third kappa shape index (κ3) is 3.10. The quantitative estimate of drug-likeness (QED) is 0.773. The molecule has 0 saturated carbocycles. The summed E-state index contributed by atoms with van der Waals surface area (Å²) in [7, 11) is -3.37. The summed E-state index contributed by atoms with van der Waals surface area (Å²) in [6.45, 7) is 3.33. The Morgan fingerprint density at radius 1 is 1.29 bits per heavy atom. The lowest BCUT2D eigenvalue weighted by atomic mass is 10.3. The first kappa shape index (κ1) is 10.6. The molecule has 75 valence electrons. The van der Waals surface area contributed by atoms with Crippen LogP contribution < -0.4 is 4.72 Å². The van der Waals surface area contributed by atoms with Crippen molar-refractivity contribution in [3.05, 3.63) is 36.9 Å². The van der Waals surface area contributed by atoms with Crippen LogP contribution in [0.5, 0.6) is 5.75 Å². The highest BCUT2D eigenvalue weighted by Crippen LogP contribution is 2.15. The molecule has 0 aromatic heterocycles. The molecule has 0 saturated heterocycles. The van der Waals surface area contributed by atoms with Gasteiger partial charge in [0.25, 0.3) is 0 Å². The zero-order valence-corrected chi connectivity index (χ0v) is 8.25. The molecule has 0 atom stereocenters. The van der Waals surface area contributed by atoms with Crippen molar-refractivity contribution in [2.24, 2.45) is 0 Å². The minimum absolute atomic E-state index is 0.147. The number of benzene rings is 1. The van der Waals surface area contributed by atoms with Crippen LogP contribution in [0.1, 0.15) is 0 Å². The van der Waals surface area contributed by atoms with Crippen LogP contribution >= 0.6 is 0 Å². The Hall–Kier alpha value is -1.49. The predicted molar refractivity (Wildman–Crippen MR) is 54.2 cm³/mol. The van der Waals surface area contributed by atoms with Crippen molar-refractivity contribution in [1.29, 1.82) is 0 Å². The van der Waals surface area contributed by atoms with E-state index >= 15 is 0 Å². The monoisotopic (exact) mass is 212 g/mol. The van der Waals surface area contributed by atoms with Gasteiger partial charge in [0.2, 0.25) is 10.0 Å². The van der Waals surface area contributed by atoms with E-state index in [2.05, 4.69) is 11.3 Å². The second kappa shape index (κ2) is 4.15. The third-order valence-electron chi connectivity index (χ3n) is 1.46. The Balaban J connectivity index is 2.79. The fourth-order valence-corrected chi connectivity index (χ4v) is 1.79. The third-order valence-corrected chi connectivity index (χ3v) is 2.69. The van der Waals surface area contributed by atoms with Crippen molar-refractivity contribution < 1.29 is 13.5 Å². The van der Waals surface area contributed by atoms with Crippen molar-refractivity contribution in [3.8, 4) is 5.75 Å². The van der Waals surface area contributed by atoms with Gasteiger partial charge in [0.05, 0.1) is 5.75 Å². The molecule has 0 fully saturated rings. The summed E-state index contributed by atoms with van der Waals surface area (Å²) in [5.74, 6) is -0.303. The topological polar surface area (TPSA) is 66.1 Å². The molecule has 0 bridgehead atoms. The summed E-state index contributed by atoms with van der Waals surface area (Å²) < 4.78 is 24.8. The lowest BCUT2D eigenvalue weighted by Crippen LogP contribution is -2.14.